The van der Waals surface area contributed by atoms with Crippen molar-refractivity contribution in [3.8, 4) is 0 Å². The van der Waals surface area contributed by atoms with Crippen molar-refractivity contribution in [2.24, 2.45) is 0 Å². The molecule has 0 spiro atoms. The minimum absolute atomic E-state index is 0.254. The number of halogens is 1. The lowest BCUT2D eigenvalue weighted by Crippen LogP contribution is -2.26. The average molecular weight is 340 g/mol. The fourth-order valence-electron chi connectivity index (χ4n) is 2.81. The van der Waals surface area contributed by atoms with E-state index >= 15 is 0 Å². The molecule has 3 aromatic rings. The number of aromatic nitrogens is 3. The maximum Gasteiger partial charge on any atom is 0.252 e. The Hall–Kier alpha value is -2.83. The normalized spacial score (nSPS) is 14.0. The molecule has 1 aliphatic carbocycles. The van der Waals surface area contributed by atoms with Gasteiger partial charge in [0.25, 0.3) is 5.91 Å². The molecular formula is C18H17FN4O2. The number of benzene rings is 1. The number of pyridine rings is 1. The lowest BCUT2D eigenvalue weighted by atomic mass is 10.0. The molecule has 1 aliphatic rings. The molecule has 0 aliphatic heterocycles. The highest BCUT2D eigenvalue weighted by Crippen LogP contribution is 2.40. The van der Waals surface area contributed by atoms with Gasteiger partial charge < -0.3 is 9.84 Å². The van der Waals surface area contributed by atoms with Crippen molar-refractivity contribution in [1.82, 2.24) is 20.4 Å². The summed E-state index contributed by atoms with van der Waals surface area (Å²) in [7, 11) is 0. The number of fused-ring (bicyclic) bond motifs is 1. The Bertz CT molecular complexity index is 949. The van der Waals surface area contributed by atoms with E-state index in [1.165, 1.54) is 12.1 Å². The number of rotatable bonds is 5. The lowest BCUT2D eigenvalue weighted by Gasteiger charge is -2.10. The number of carbonyl (C=O) groups is 1. The Balaban J connectivity index is 1.57. The Kier molecular flexibility index (Phi) is 3.91. The largest absolute Gasteiger partial charge is 0.351 e. The molecule has 1 amide bonds. The second-order valence-electron chi connectivity index (χ2n) is 6.27. The van der Waals surface area contributed by atoms with Gasteiger partial charge in [0.15, 0.2) is 5.82 Å². The average Bonchev–Trinajstić information content (AvgIpc) is 3.36. The van der Waals surface area contributed by atoms with Gasteiger partial charge in [-0.25, -0.2) is 4.39 Å². The number of hydrogen-bond acceptors (Lipinski definition) is 5. The standard InChI is InChI=1S/C18H17FN4O2/c1-10-21-17(25-23-10)6-7-20-18(24)14-9-16(11-2-3-11)22-15-5-4-12(19)8-13(14)15/h4-5,8-9,11H,2-3,6-7H2,1H3,(H,20,24). The summed E-state index contributed by atoms with van der Waals surface area (Å²) >= 11 is 0. The predicted octanol–water partition coefficient (Wildman–Crippen LogP) is 2.92. The van der Waals surface area contributed by atoms with Gasteiger partial charge >= 0.3 is 0 Å². The van der Waals surface area contributed by atoms with Crippen molar-refractivity contribution in [2.45, 2.75) is 32.1 Å². The molecule has 4 rings (SSSR count). The Morgan fingerprint density at radius 1 is 1.32 bits per heavy atom. The zero-order chi connectivity index (χ0) is 17.4. The highest BCUT2D eigenvalue weighted by Gasteiger charge is 2.27. The van der Waals surface area contributed by atoms with E-state index in [4.69, 9.17) is 4.52 Å². The monoisotopic (exact) mass is 340 g/mol. The van der Waals surface area contributed by atoms with Gasteiger partial charge in [0, 0.05) is 30.0 Å². The van der Waals surface area contributed by atoms with Crippen LogP contribution in [0.2, 0.25) is 0 Å². The van der Waals surface area contributed by atoms with Gasteiger partial charge in [-0.05, 0) is 44.0 Å². The summed E-state index contributed by atoms with van der Waals surface area (Å²) in [4.78, 5) is 21.3. The zero-order valence-electron chi connectivity index (χ0n) is 13.8. The van der Waals surface area contributed by atoms with Crippen LogP contribution < -0.4 is 5.32 Å². The number of nitrogens with one attached hydrogen (secondary N) is 1. The van der Waals surface area contributed by atoms with Crippen LogP contribution in [0.5, 0.6) is 0 Å². The second kappa shape index (κ2) is 6.23. The zero-order valence-corrected chi connectivity index (χ0v) is 13.8. The molecule has 0 unspecified atom stereocenters. The van der Waals surface area contributed by atoms with E-state index in [0.717, 1.165) is 18.5 Å². The van der Waals surface area contributed by atoms with Crippen LogP contribution in [0.15, 0.2) is 28.8 Å². The fraction of sp³-hybridized carbons (Fsp3) is 0.333. The van der Waals surface area contributed by atoms with E-state index in [1.807, 2.05) is 0 Å². The van der Waals surface area contributed by atoms with Crippen LogP contribution in [0.1, 0.15) is 46.5 Å². The van der Waals surface area contributed by atoms with E-state index in [-0.39, 0.29) is 11.7 Å². The first kappa shape index (κ1) is 15.7. The summed E-state index contributed by atoms with van der Waals surface area (Å²) in [5.41, 5.74) is 1.99. The summed E-state index contributed by atoms with van der Waals surface area (Å²) in [5, 5.41) is 7.07. The third-order valence-electron chi connectivity index (χ3n) is 4.22. The molecule has 2 heterocycles. The number of aryl methyl sites for hydroxylation is 1. The smallest absolute Gasteiger partial charge is 0.252 e. The van der Waals surface area contributed by atoms with Gasteiger partial charge in [-0.15, -0.1) is 0 Å². The molecule has 0 atom stereocenters. The van der Waals surface area contributed by atoms with Gasteiger partial charge in [0.1, 0.15) is 5.82 Å². The molecule has 1 saturated carbocycles. The minimum Gasteiger partial charge on any atom is -0.351 e. The molecule has 1 N–H and O–H groups in total. The van der Waals surface area contributed by atoms with E-state index in [9.17, 15) is 9.18 Å². The first-order valence-electron chi connectivity index (χ1n) is 8.28. The van der Waals surface area contributed by atoms with E-state index < -0.39 is 0 Å². The molecule has 6 nitrogen and oxygen atoms in total. The van der Waals surface area contributed by atoms with Crippen LogP contribution in [0, 0.1) is 12.7 Å². The Morgan fingerprint density at radius 2 is 2.16 bits per heavy atom. The highest BCUT2D eigenvalue weighted by molar-refractivity contribution is 6.06. The first-order valence-corrected chi connectivity index (χ1v) is 8.28. The topological polar surface area (TPSA) is 80.9 Å². The molecule has 7 heteroatoms. The summed E-state index contributed by atoms with van der Waals surface area (Å²) in [5.74, 6) is 0.801. The SMILES string of the molecule is Cc1noc(CCNC(=O)c2cc(C3CC3)nc3ccc(F)cc23)n1. The van der Waals surface area contributed by atoms with Crippen molar-refractivity contribution in [3.63, 3.8) is 0 Å². The van der Waals surface area contributed by atoms with E-state index in [1.54, 1.807) is 19.1 Å². The maximum absolute atomic E-state index is 13.6. The summed E-state index contributed by atoms with van der Waals surface area (Å²) in [6.07, 6.45) is 2.61. The van der Waals surface area contributed by atoms with Crippen molar-refractivity contribution in [1.29, 1.82) is 0 Å². The fourth-order valence-corrected chi connectivity index (χ4v) is 2.81. The molecule has 0 radical (unpaired) electrons. The third-order valence-corrected chi connectivity index (χ3v) is 4.22. The van der Waals surface area contributed by atoms with Gasteiger partial charge in [0.05, 0.1) is 11.1 Å². The van der Waals surface area contributed by atoms with Crippen molar-refractivity contribution in [2.75, 3.05) is 6.54 Å². The van der Waals surface area contributed by atoms with Gasteiger partial charge in [0.2, 0.25) is 5.89 Å². The molecular weight excluding hydrogens is 323 g/mol. The van der Waals surface area contributed by atoms with Crippen LogP contribution in [0.25, 0.3) is 10.9 Å². The van der Waals surface area contributed by atoms with Crippen molar-refractivity contribution >= 4 is 16.8 Å². The molecule has 1 aromatic carbocycles. The Morgan fingerprint density at radius 3 is 2.88 bits per heavy atom. The summed E-state index contributed by atoms with van der Waals surface area (Å²) in [6, 6.07) is 6.13. The quantitative estimate of drug-likeness (QED) is 0.772. The second-order valence-corrected chi connectivity index (χ2v) is 6.27. The maximum atomic E-state index is 13.6. The molecule has 1 fully saturated rings. The van der Waals surface area contributed by atoms with E-state index in [2.05, 4.69) is 20.4 Å². The molecule has 2 aromatic heterocycles. The van der Waals surface area contributed by atoms with E-state index in [0.29, 0.717) is 47.1 Å². The highest BCUT2D eigenvalue weighted by atomic mass is 19.1. The van der Waals surface area contributed by atoms with Crippen LogP contribution in [0.4, 0.5) is 4.39 Å². The molecule has 25 heavy (non-hydrogen) atoms. The van der Waals surface area contributed by atoms with Gasteiger partial charge in [-0.3, -0.25) is 9.78 Å². The summed E-state index contributed by atoms with van der Waals surface area (Å²) in [6.45, 7) is 2.10. The molecule has 128 valence electrons. The number of hydrogen-bond donors (Lipinski definition) is 1. The lowest BCUT2D eigenvalue weighted by molar-refractivity contribution is 0.0955. The van der Waals surface area contributed by atoms with Crippen LogP contribution in [0.3, 0.4) is 0 Å². The molecule has 0 bridgehead atoms. The Labute approximate surface area is 143 Å². The molecule has 0 saturated heterocycles. The van der Waals surface area contributed by atoms with Crippen molar-refractivity contribution in [3.05, 3.63) is 53.1 Å². The minimum atomic E-state index is -0.385. The van der Waals surface area contributed by atoms with Crippen LogP contribution in [-0.4, -0.2) is 27.6 Å². The number of carbonyl (C=O) groups excluding carboxylic acids is 1. The third kappa shape index (κ3) is 3.35. The van der Waals surface area contributed by atoms with Gasteiger partial charge in [-0.2, -0.15) is 4.98 Å². The predicted molar refractivity (Wildman–Crippen MR) is 88.7 cm³/mol. The summed E-state index contributed by atoms with van der Waals surface area (Å²) < 4.78 is 18.7. The first-order chi connectivity index (χ1) is 12.1. The van der Waals surface area contributed by atoms with Crippen molar-refractivity contribution < 1.29 is 13.7 Å². The number of nitrogens with zero attached hydrogens (tertiary/aromatic N) is 3. The number of amides is 1. The van der Waals surface area contributed by atoms with Gasteiger partial charge in [-0.1, -0.05) is 5.16 Å². The van der Waals surface area contributed by atoms with Crippen LogP contribution >= 0.6 is 0 Å². The van der Waals surface area contributed by atoms with Crippen LogP contribution in [-0.2, 0) is 6.42 Å².